The highest BCUT2D eigenvalue weighted by atomic mass is 19.4. The third kappa shape index (κ3) is 4.18. The van der Waals surface area contributed by atoms with Crippen LogP contribution in [0.4, 0.5) is 13.2 Å². The van der Waals surface area contributed by atoms with E-state index < -0.39 is 12.0 Å². The van der Waals surface area contributed by atoms with E-state index in [9.17, 15) is 13.2 Å². The second-order valence-electron chi connectivity index (χ2n) is 5.93. The van der Waals surface area contributed by atoms with Crippen LogP contribution in [0, 0.1) is 0 Å². The fourth-order valence-corrected chi connectivity index (χ4v) is 2.87. The van der Waals surface area contributed by atoms with Crippen LogP contribution in [0.15, 0.2) is 35.3 Å². The molecule has 25 heavy (non-hydrogen) atoms. The van der Waals surface area contributed by atoms with Gasteiger partial charge in [-0.1, -0.05) is 24.6 Å². The predicted octanol–water partition coefficient (Wildman–Crippen LogP) is 3.82. The van der Waals surface area contributed by atoms with Crippen molar-refractivity contribution in [3.05, 3.63) is 42.0 Å². The Hall–Kier alpha value is -2.38. The van der Waals surface area contributed by atoms with Crippen LogP contribution >= 0.6 is 0 Å². The van der Waals surface area contributed by atoms with Crippen LogP contribution in [-0.2, 0) is 17.3 Å². The normalized spacial score (nSPS) is 18.6. The van der Waals surface area contributed by atoms with E-state index in [1.807, 2.05) is 0 Å². The molecule has 5 nitrogen and oxygen atoms in total. The summed E-state index contributed by atoms with van der Waals surface area (Å²) in [6.07, 6.45) is -0.846. The van der Waals surface area contributed by atoms with Crippen molar-refractivity contribution >= 4 is 5.90 Å². The first-order valence-corrected chi connectivity index (χ1v) is 8.16. The Balaban J connectivity index is 1.95. The van der Waals surface area contributed by atoms with Crippen LogP contribution in [0.2, 0.25) is 0 Å². The summed E-state index contributed by atoms with van der Waals surface area (Å²) in [5, 5.41) is 3.68. The summed E-state index contributed by atoms with van der Waals surface area (Å²) in [6.45, 7) is 0. The van der Waals surface area contributed by atoms with Crippen molar-refractivity contribution in [3.63, 3.8) is 0 Å². The first-order chi connectivity index (χ1) is 12.0. The third-order valence-electron chi connectivity index (χ3n) is 4.09. The number of nitrogens with zero attached hydrogens (tertiary/aromatic N) is 4. The number of benzene rings is 1. The minimum atomic E-state index is -4.58. The molecule has 0 saturated heterocycles. The summed E-state index contributed by atoms with van der Waals surface area (Å²) >= 11 is 0. The van der Waals surface area contributed by atoms with Gasteiger partial charge in [-0.25, -0.2) is 9.67 Å². The van der Waals surface area contributed by atoms with Gasteiger partial charge in [-0.3, -0.25) is 4.99 Å². The van der Waals surface area contributed by atoms with Crippen LogP contribution < -0.4 is 0 Å². The van der Waals surface area contributed by atoms with E-state index in [2.05, 4.69) is 15.1 Å². The van der Waals surface area contributed by atoms with Gasteiger partial charge in [0.15, 0.2) is 5.90 Å². The fourth-order valence-electron chi connectivity index (χ4n) is 2.87. The molecule has 1 aliphatic heterocycles. The van der Waals surface area contributed by atoms with Gasteiger partial charge in [0.1, 0.15) is 5.82 Å². The molecule has 134 valence electrons. The van der Waals surface area contributed by atoms with Crippen LogP contribution in [-0.4, -0.2) is 33.8 Å². The molecule has 1 atom stereocenters. The smallest absolute Gasteiger partial charge is 0.453 e. The number of para-hydroxylation sites is 1. The van der Waals surface area contributed by atoms with Crippen molar-refractivity contribution in [2.75, 3.05) is 7.11 Å². The summed E-state index contributed by atoms with van der Waals surface area (Å²) in [4.78, 5) is 8.28. The zero-order chi connectivity index (χ0) is 17.9. The summed E-state index contributed by atoms with van der Waals surface area (Å²) in [7, 11) is 1.56. The molecule has 0 amide bonds. The van der Waals surface area contributed by atoms with Crippen molar-refractivity contribution in [1.29, 1.82) is 0 Å². The zero-order valence-corrected chi connectivity index (χ0v) is 13.8. The second kappa shape index (κ2) is 7.25. The van der Waals surface area contributed by atoms with Gasteiger partial charge in [0.05, 0.1) is 18.8 Å². The van der Waals surface area contributed by atoms with Crippen LogP contribution in [0.1, 0.15) is 37.3 Å². The Morgan fingerprint density at radius 2 is 1.96 bits per heavy atom. The highest BCUT2D eigenvalue weighted by Gasteiger charge is 2.37. The molecule has 0 fully saturated rings. The molecule has 1 unspecified atom stereocenters. The number of ether oxygens (including phenoxy) is 1. The number of alkyl halides is 3. The van der Waals surface area contributed by atoms with Crippen LogP contribution in [0.5, 0.6) is 0 Å². The van der Waals surface area contributed by atoms with E-state index in [0.717, 1.165) is 25.7 Å². The van der Waals surface area contributed by atoms with Crippen LogP contribution in [0.3, 0.4) is 0 Å². The van der Waals surface area contributed by atoms with Gasteiger partial charge < -0.3 is 4.74 Å². The number of methoxy groups -OCH3 is 1. The minimum absolute atomic E-state index is 0.162. The average molecular weight is 352 g/mol. The molecule has 0 bridgehead atoms. The molecule has 3 rings (SSSR count). The Kier molecular flexibility index (Phi) is 5.06. The molecule has 2 aromatic rings. The zero-order valence-electron chi connectivity index (χ0n) is 13.8. The van der Waals surface area contributed by atoms with Crippen molar-refractivity contribution in [2.45, 2.75) is 44.3 Å². The molecule has 0 radical (unpaired) electrons. The Bertz CT molecular complexity index is 740. The molecule has 8 heteroatoms. The van der Waals surface area contributed by atoms with Gasteiger partial charge in [-0.15, -0.1) is 5.10 Å². The highest BCUT2D eigenvalue weighted by Crippen LogP contribution is 2.28. The maximum Gasteiger partial charge on any atom is 0.453 e. The quantitative estimate of drug-likeness (QED) is 0.844. The van der Waals surface area contributed by atoms with Crippen LogP contribution in [0.25, 0.3) is 5.69 Å². The maximum absolute atomic E-state index is 13.1. The average Bonchev–Trinajstić information content (AvgIpc) is 2.88. The molecule has 1 aromatic heterocycles. The van der Waals surface area contributed by atoms with Gasteiger partial charge in [0, 0.05) is 12.8 Å². The van der Waals surface area contributed by atoms with Crippen molar-refractivity contribution in [2.24, 2.45) is 4.99 Å². The maximum atomic E-state index is 13.1. The Morgan fingerprint density at radius 1 is 1.20 bits per heavy atom. The Morgan fingerprint density at radius 3 is 2.64 bits per heavy atom. The SMILES string of the molecule is COC1=NC(Cc2nc(C(F)(F)F)nn2-c2ccccc2)CCCC1. The lowest BCUT2D eigenvalue weighted by molar-refractivity contribution is -0.144. The lowest BCUT2D eigenvalue weighted by Crippen LogP contribution is -2.15. The topological polar surface area (TPSA) is 52.3 Å². The van der Waals surface area contributed by atoms with E-state index in [4.69, 9.17) is 4.74 Å². The number of hydrogen-bond donors (Lipinski definition) is 0. The monoisotopic (exact) mass is 352 g/mol. The number of aromatic nitrogens is 3. The number of halogens is 3. The molecule has 0 saturated carbocycles. The van der Waals surface area contributed by atoms with Crippen molar-refractivity contribution in [3.8, 4) is 5.69 Å². The lowest BCUT2D eigenvalue weighted by Gasteiger charge is -2.12. The summed E-state index contributed by atoms with van der Waals surface area (Å²) in [5.74, 6) is -0.232. The molecule has 0 spiro atoms. The van der Waals surface area contributed by atoms with E-state index in [-0.39, 0.29) is 18.3 Å². The molecule has 0 N–H and O–H groups in total. The molecule has 2 heterocycles. The number of rotatable bonds is 3. The fraction of sp³-hybridized carbons (Fsp3) is 0.471. The van der Waals surface area contributed by atoms with E-state index in [0.29, 0.717) is 11.6 Å². The van der Waals surface area contributed by atoms with E-state index >= 15 is 0 Å². The minimum Gasteiger partial charge on any atom is -0.484 e. The third-order valence-corrected chi connectivity index (χ3v) is 4.09. The van der Waals surface area contributed by atoms with E-state index in [1.54, 1.807) is 37.4 Å². The summed E-state index contributed by atoms with van der Waals surface area (Å²) in [5.41, 5.74) is 0.546. The molecular formula is C17H19F3N4O. The summed E-state index contributed by atoms with van der Waals surface area (Å²) < 4.78 is 45.7. The van der Waals surface area contributed by atoms with Gasteiger partial charge in [-0.2, -0.15) is 13.2 Å². The Labute approximate surface area is 143 Å². The standard InChI is InChI=1S/C17H19F3N4O/c1-25-15-10-6-5-7-12(21-15)11-14-22-16(17(18,19)20)23-24(14)13-8-3-2-4-9-13/h2-4,8-9,12H,5-7,10-11H2,1H3. The molecule has 0 aliphatic carbocycles. The van der Waals surface area contributed by atoms with Crippen molar-refractivity contribution < 1.29 is 17.9 Å². The predicted molar refractivity (Wildman–Crippen MR) is 86.8 cm³/mol. The van der Waals surface area contributed by atoms with E-state index in [1.165, 1.54) is 4.68 Å². The number of hydrogen-bond acceptors (Lipinski definition) is 4. The van der Waals surface area contributed by atoms with Crippen molar-refractivity contribution in [1.82, 2.24) is 14.8 Å². The second-order valence-corrected chi connectivity index (χ2v) is 5.93. The number of aliphatic imine (C=N–C) groups is 1. The summed E-state index contributed by atoms with van der Waals surface area (Å²) in [6, 6.07) is 8.54. The molecule has 1 aromatic carbocycles. The first-order valence-electron chi connectivity index (χ1n) is 8.16. The lowest BCUT2D eigenvalue weighted by atomic mass is 10.1. The van der Waals surface area contributed by atoms with Gasteiger partial charge in [0.2, 0.25) is 0 Å². The van der Waals surface area contributed by atoms with Gasteiger partial charge in [0.25, 0.3) is 5.82 Å². The largest absolute Gasteiger partial charge is 0.484 e. The highest BCUT2D eigenvalue weighted by molar-refractivity contribution is 5.76. The molecular weight excluding hydrogens is 333 g/mol. The van der Waals surface area contributed by atoms with Gasteiger partial charge in [-0.05, 0) is 25.0 Å². The molecule has 1 aliphatic rings. The first kappa shape index (κ1) is 17.4. The van der Waals surface area contributed by atoms with Gasteiger partial charge >= 0.3 is 6.18 Å².